The first-order chi connectivity index (χ1) is 13.6. The number of carbonyl (C=O) groups is 1. The lowest BCUT2D eigenvalue weighted by Gasteiger charge is -2.10. The van der Waals surface area contributed by atoms with Crippen LogP contribution in [0.3, 0.4) is 0 Å². The summed E-state index contributed by atoms with van der Waals surface area (Å²) < 4.78 is 10.6. The number of benzene rings is 3. The summed E-state index contributed by atoms with van der Waals surface area (Å²) in [7, 11) is 1.57. The number of hydrogen-bond donors (Lipinski definition) is 0. The summed E-state index contributed by atoms with van der Waals surface area (Å²) in [6.45, 7) is 0. The molecule has 3 aromatic rings. The monoisotopic (exact) mass is 375 g/mol. The molecule has 0 unspecified atom stereocenters. The van der Waals surface area contributed by atoms with Gasteiger partial charge in [-0.3, -0.25) is 10.1 Å². The number of carbonyl (C=O) groups excluding carboxylic acids is 1. The zero-order valence-electron chi connectivity index (χ0n) is 15.1. The molecule has 0 saturated heterocycles. The first-order valence-electron chi connectivity index (χ1n) is 8.44. The van der Waals surface area contributed by atoms with Gasteiger partial charge in [0, 0.05) is 12.1 Å². The van der Waals surface area contributed by atoms with Crippen molar-refractivity contribution in [3.05, 3.63) is 100 Å². The van der Waals surface area contributed by atoms with Crippen molar-refractivity contribution >= 4 is 23.3 Å². The minimum Gasteiger partial charge on any atom is -0.497 e. The van der Waals surface area contributed by atoms with Gasteiger partial charge in [-0.25, -0.2) is 4.79 Å². The van der Waals surface area contributed by atoms with E-state index in [-0.39, 0.29) is 11.4 Å². The molecule has 28 heavy (non-hydrogen) atoms. The number of hydrogen-bond acceptors (Lipinski definition) is 5. The van der Waals surface area contributed by atoms with Crippen molar-refractivity contribution < 1.29 is 19.2 Å². The van der Waals surface area contributed by atoms with Gasteiger partial charge < -0.3 is 9.47 Å². The molecule has 3 aromatic carbocycles. The number of nitrogens with zero attached hydrogens (tertiary/aromatic N) is 1. The maximum Gasteiger partial charge on any atom is 0.344 e. The normalized spacial score (nSPS) is 11.0. The van der Waals surface area contributed by atoms with Gasteiger partial charge in [-0.05, 0) is 41.5 Å². The van der Waals surface area contributed by atoms with Crippen LogP contribution in [-0.4, -0.2) is 18.0 Å². The van der Waals surface area contributed by atoms with Crippen LogP contribution in [0, 0.1) is 10.1 Å². The third-order valence-electron chi connectivity index (χ3n) is 3.99. The second-order valence-corrected chi connectivity index (χ2v) is 5.84. The summed E-state index contributed by atoms with van der Waals surface area (Å²) in [6, 6.07) is 21.8. The third-order valence-corrected chi connectivity index (χ3v) is 3.99. The Morgan fingerprint density at radius 3 is 2.07 bits per heavy atom. The van der Waals surface area contributed by atoms with Crippen molar-refractivity contribution in [2.75, 3.05) is 7.11 Å². The van der Waals surface area contributed by atoms with Gasteiger partial charge in [0.05, 0.1) is 17.6 Å². The highest BCUT2D eigenvalue weighted by atomic mass is 16.6. The third kappa shape index (κ3) is 4.62. The van der Waals surface area contributed by atoms with Crippen LogP contribution in [0.5, 0.6) is 11.5 Å². The quantitative estimate of drug-likeness (QED) is 0.155. The van der Waals surface area contributed by atoms with Gasteiger partial charge in [0.15, 0.2) is 0 Å². The number of methoxy groups -OCH3 is 1. The lowest BCUT2D eigenvalue weighted by atomic mass is 10.0. The number of ether oxygens (including phenoxy) is 2. The lowest BCUT2D eigenvalue weighted by Crippen LogP contribution is -2.10. The Morgan fingerprint density at radius 1 is 0.893 bits per heavy atom. The van der Waals surface area contributed by atoms with E-state index in [1.54, 1.807) is 37.5 Å². The largest absolute Gasteiger partial charge is 0.497 e. The van der Waals surface area contributed by atoms with Crippen LogP contribution in [-0.2, 0) is 4.79 Å². The molecule has 0 radical (unpaired) electrons. The summed E-state index contributed by atoms with van der Waals surface area (Å²) in [6.07, 6.45) is 1.73. The molecule has 0 aliphatic heterocycles. The van der Waals surface area contributed by atoms with Gasteiger partial charge in [0.25, 0.3) is 5.69 Å². The topological polar surface area (TPSA) is 78.7 Å². The molecule has 0 saturated carbocycles. The van der Waals surface area contributed by atoms with Crippen LogP contribution >= 0.6 is 0 Å². The van der Waals surface area contributed by atoms with Gasteiger partial charge in [-0.1, -0.05) is 42.5 Å². The Kier molecular flexibility index (Phi) is 5.81. The van der Waals surface area contributed by atoms with Gasteiger partial charge in [-0.2, -0.15) is 0 Å². The molecule has 140 valence electrons. The van der Waals surface area contributed by atoms with E-state index >= 15 is 0 Å². The van der Waals surface area contributed by atoms with Crippen molar-refractivity contribution in [3.8, 4) is 11.5 Å². The van der Waals surface area contributed by atoms with Crippen LogP contribution in [0.25, 0.3) is 11.6 Å². The molecule has 0 bridgehead atoms. The Hall–Kier alpha value is -3.93. The van der Waals surface area contributed by atoms with Crippen LogP contribution < -0.4 is 9.47 Å². The number of rotatable bonds is 6. The van der Waals surface area contributed by atoms with Gasteiger partial charge in [-0.15, -0.1) is 0 Å². The predicted molar refractivity (Wildman–Crippen MR) is 106 cm³/mol. The highest BCUT2D eigenvalue weighted by Gasteiger charge is 2.16. The van der Waals surface area contributed by atoms with Gasteiger partial charge in [0.1, 0.15) is 11.5 Å². The molecule has 0 spiro atoms. The van der Waals surface area contributed by atoms with E-state index in [2.05, 4.69) is 0 Å². The minimum absolute atomic E-state index is 0.0741. The molecule has 0 fully saturated rings. The zero-order valence-corrected chi connectivity index (χ0v) is 15.1. The first kappa shape index (κ1) is 18.8. The maximum atomic E-state index is 12.8. The molecule has 0 amide bonds. The fourth-order valence-electron chi connectivity index (χ4n) is 2.54. The molecule has 0 heterocycles. The second-order valence-electron chi connectivity index (χ2n) is 5.84. The molecule has 6 nitrogen and oxygen atoms in total. The van der Waals surface area contributed by atoms with E-state index in [0.29, 0.717) is 16.9 Å². The minimum atomic E-state index is -0.567. The van der Waals surface area contributed by atoms with E-state index in [0.717, 1.165) is 5.56 Å². The summed E-state index contributed by atoms with van der Waals surface area (Å²) in [5, 5.41) is 10.8. The van der Waals surface area contributed by atoms with Gasteiger partial charge in [0.2, 0.25) is 0 Å². The first-order valence-corrected chi connectivity index (χ1v) is 8.44. The summed E-state index contributed by atoms with van der Waals surface area (Å²) in [4.78, 5) is 23.1. The molecule has 3 rings (SSSR count). The standard InChI is InChI=1S/C22H17NO5/c1-27-19-11-7-17(8-12-19)21(15-16-5-3-2-4-6-16)22(24)28-20-13-9-18(10-14-20)23(25)26/h2-15H,1H3/b21-15+. The molecule has 0 aliphatic rings. The van der Waals surface area contributed by atoms with Gasteiger partial charge >= 0.3 is 5.97 Å². The Bertz CT molecular complexity index is 993. The number of esters is 1. The molecule has 6 heteroatoms. The van der Waals surface area contributed by atoms with E-state index in [4.69, 9.17) is 9.47 Å². The maximum absolute atomic E-state index is 12.8. The summed E-state index contributed by atoms with van der Waals surface area (Å²) in [5.74, 6) is 0.331. The average Bonchev–Trinajstić information content (AvgIpc) is 2.73. The summed E-state index contributed by atoms with van der Waals surface area (Å²) in [5.41, 5.74) is 1.78. The molecular weight excluding hydrogens is 358 g/mol. The number of nitro groups is 1. The van der Waals surface area contributed by atoms with Crippen molar-refractivity contribution in [2.45, 2.75) is 0 Å². The summed E-state index contributed by atoms with van der Waals surface area (Å²) >= 11 is 0. The number of non-ortho nitro benzene ring substituents is 1. The van der Waals surface area contributed by atoms with Crippen LogP contribution in [0.1, 0.15) is 11.1 Å². The Labute approximate surface area is 161 Å². The molecule has 0 atom stereocenters. The van der Waals surface area contributed by atoms with E-state index in [1.165, 1.54) is 24.3 Å². The van der Waals surface area contributed by atoms with Crippen molar-refractivity contribution in [1.29, 1.82) is 0 Å². The highest BCUT2D eigenvalue weighted by molar-refractivity contribution is 6.22. The van der Waals surface area contributed by atoms with Crippen LogP contribution in [0.2, 0.25) is 0 Å². The predicted octanol–water partition coefficient (Wildman–Crippen LogP) is 4.75. The number of nitro benzene ring substituents is 1. The van der Waals surface area contributed by atoms with E-state index in [9.17, 15) is 14.9 Å². The Balaban J connectivity index is 1.92. The SMILES string of the molecule is COc1ccc(/C(=C\c2ccccc2)C(=O)Oc2ccc([N+](=O)[O-])cc2)cc1. The van der Waals surface area contributed by atoms with Crippen LogP contribution in [0.15, 0.2) is 78.9 Å². The smallest absolute Gasteiger partial charge is 0.344 e. The van der Waals surface area contributed by atoms with E-state index < -0.39 is 10.9 Å². The zero-order chi connectivity index (χ0) is 19.9. The second kappa shape index (κ2) is 8.64. The average molecular weight is 375 g/mol. The van der Waals surface area contributed by atoms with E-state index in [1.807, 2.05) is 30.3 Å². The molecule has 0 aromatic heterocycles. The molecule has 0 N–H and O–H groups in total. The fourth-order valence-corrected chi connectivity index (χ4v) is 2.54. The van der Waals surface area contributed by atoms with Crippen molar-refractivity contribution in [3.63, 3.8) is 0 Å². The fraction of sp³-hybridized carbons (Fsp3) is 0.0455. The molecule has 0 aliphatic carbocycles. The molecular formula is C22H17NO5. The highest BCUT2D eigenvalue weighted by Crippen LogP contribution is 2.25. The van der Waals surface area contributed by atoms with Crippen molar-refractivity contribution in [2.24, 2.45) is 0 Å². The lowest BCUT2D eigenvalue weighted by molar-refractivity contribution is -0.384. The Morgan fingerprint density at radius 2 is 1.50 bits per heavy atom. The van der Waals surface area contributed by atoms with Crippen molar-refractivity contribution in [1.82, 2.24) is 0 Å². The van der Waals surface area contributed by atoms with Crippen LogP contribution in [0.4, 0.5) is 5.69 Å².